The quantitative estimate of drug-likeness (QED) is 0.445. The molecule has 3 fully saturated rings. The highest BCUT2D eigenvalue weighted by atomic mass is 16.5. The molecule has 0 spiro atoms. The van der Waals surface area contributed by atoms with Crippen LogP contribution in [0.25, 0.3) is 0 Å². The molecular formula is C22H41N5O2. The summed E-state index contributed by atoms with van der Waals surface area (Å²) in [5.41, 5.74) is 0.206. The van der Waals surface area contributed by atoms with Gasteiger partial charge in [-0.25, -0.2) is 0 Å². The molecule has 1 amide bonds. The highest BCUT2D eigenvalue weighted by molar-refractivity contribution is 5.81. The van der Waals surface area contributed by atoms with Gasteiger partial charge in [-0.2, -0.15) is 0 Å². The number of aliphatic imine (C=N–C) groups is 1. The zero-order chi connectivity index (χ0) is 20.4. The summed E-state index contributed by atoms with van der Waals surface area (Å²) >= 11 is 0. The van der Waals surface area contributed by atoms with E-state index in [0.29, 0.717) is 19.0 Å². The van der Waals surface area contributed by atoms with Crippen LogP contribution >= 0.6 is 0 Å². The average Bonchev–Trinajstić information content (AvgIpc) is 2.78. The number of carbonyl (C=O) groups excluding carboxylic acids is 1. The van der Waals surface area contributed by atoms with Crippen LogP contribution < -0.4 is 16.0 Å². The van der Waals surface area contributed by atoms with Gasteiger partial charge in [0.15, 0.2) is 5.96 Å². The monoisotopic (exact) mass is 407 g/mol. The lowest BCUT2D eigenvalue weighted by Gasteiger charge is -2.48. The van der Waals surface area contributed by atoms with Gasteiger partial charge in [-0.3, -0.25) is 14.7 Å². The third-order valence-electron chi connectivity index (χ3n) is 6.89. The highest BCUT2D eigenvalue weighted by Crippen LogP contribution is 2.33. The van der Waals surface area contributed by atoms with Gasteiger partial charge in [0.05, 0.1) is 13.2 Å². The van der Waals surface area contributed by atoms with Gasteiger partial charge >= 0.3 is 0 Å². The summed E-state index contributed by atoms with van der Waals surface area (Å²) in [4.78, 5) is 19.2. The summed E-state index contributed by atoms with van der Waals surface area (Å²) < 4.78 is 5.58. The molecule has 0 bridgehead atoms. The smallest absolute Gasteiger partial charge is 0.221 e. The molecule has 0 aromatic rings. The number of ether oxygens (including phenoxy) is 1. The van der Waals surface area contributed by atoms with Crippen molar-refractivity contribution in [2.45, 2.75) is 82.2 Å². The van der Waals surface area contributed by atoms with Gasteiger partial charge in [-0.1, -0.05) is 38.5 Å². The molecule has 2 aliphatic carbocycles. The first-order valence-electron chi connectivity index (χ1n) is 11.8. The fourth-order valence-corrected chi connectivity index (χ4v) is 5.16. The molecule has 29 heavy (non-hydrogen) atoms. The molecule has 1 saturated heterocycles. The van der Waals surface area contributed by atoms with Crippen molar-refractivity contribution in [1.29, 1.82) is 0 Å². The first-order chi connectivity index (χ1) is 14.2. The van der Waals surface area contributed by atoms with E-state index in [1.807, 2.05) is 0 Å². The van der Waals surface area contributed by atoms with Gasteiger partial charge in [0.25, 0.3) is 0 Å². The number of nitrogens with zero attached hydrogens (tertiary/aromatic N) is 2. The van der Waals surface area contributed by atoms with E-state index in [4.69, 9.17) is 4.74 Å². The van der Waals surface area contributed by atoms with Crippen molar-refractivity contribution in [2.24, 2.45) is 4.99 Å². The topological polar surface area (TPSA) is 78.0 Å². The zero-order valence-electron chi connectivity index (χ0n) is 18.3. The first kappa shape index (κ1) is 22.3. The maximum Gasteiger partial charge on any atom is 0.221 e. The Hall–Kier alpha value is -1.34. The number of hydrogen-bond donors (Lipinski definition) is 3. The van der Waals surface area contributed by atoms with E-state index >= 15 is 0 Å². The number of amides is 1. The molecule has 0 radical (unpaired) electrons. The number of rotatable bonds is 7. The predicted molar refractivity (Wildman–Crippen MR) is 117 cm³/mol. The molecule has 3 rings (SSSR count). The molecular weight excluding hydrogens is 366 g/mol. The van der Waals surface area contributed by atoms with E-state index in [-0.39, 0.29) is 11.4 Å². The minimum atomic E-state index is 0.150. The van der Waals surface area contributed by atoms with Gasteiger partial charge in [-0.15, -0.1) is 0 Å². The van der Waals surface area contributed by atoms with Crippen LogP contribution in [0.15, 0.2) is 4.99 Å². The molecule has 1 aliphatic heterocycles. The fourth-order valence-electron chi connectivity index (χ4n) is 5.16. The van der Waals surface area contributed by atoms with E-state index in [1.54, 1.807) is 7.05 Å². The SMILES string of the molecule is CN=C(NCCC(=O)NC1CCCCC1)NCC1(N2CCOCC2)CCCCC1. The standard InChI is InChI=1S/C22H41N5O2/c1-23-21(24-13-10-20(28)26-19-8-4-2-5-9-19)25-18-22(11-6-3-7-12-22)27-14-16-29-17-15-27/h19H,2-18H2,1H3,(H,26,28)(H2,23,24,25). The normalized spacial score (nSPS) is 24.1. The molecule has 3 aliphatic rings. The average molecular weight is 408 g/mol. The molecule has 7 nitrogen and oxygen atoms in total. The molecule has 0 atom stereocenters. The predicted octanol–water partition coefficient (Wildman–Crippen LogP) is 2.03. The summed E-state index contributed by atoms with van der Waals surface area (Å²) in [6, 6.07) is 0.383. The Bertz CT molecular complexity index is 521. The third-order valence-corrected chi connectivity index (χ3v) is 6.89. The number of guanidine groups is 1. The van der Waals surface area contributed by atoms with Crippen molar-refractivity contribution >= 4 is 11.9 Å². The van der Waals surface area contributed by atoms with Crippen molar-refractivity contribution in [1.82, 2.24) is 20.9 Å². The van der Waals surface area contributed by atoms with Crippen LogP contribution in [0.5, 0.6) is 0 Å². The molecule has 166 valence electrons. The van der Waals surface area contributed by atoms with Crippen LogP contribution in [0.3, 0.4) is 0 Å². The van der Waals surface area contributed by atoms with E-state index in [9.17, 15) is 4.79 Å². The molecule has 0 unspecified atom stereocenters. The molecule has 2 saturated carbocycles. The maximum atomic E-state index is 12.2. The van der Waals surface area contributed by atoms with Gasteiger partial charge < -0.3 is 20.7 Å². The minimum absolute atomic E-state index is 0.150. The van der Waals surface area contributed by atoms with E-state index < -0.39 is 0 Å². The van der Waals surface area contributed by atoms with Crippen LogP contribution in [0.1, 0.15) is 70.6 Å². The van der Waals surface area contributed by atoms with Gasteiger partial charge in [0.2, 0.25) is 5.91 Å². The van der Waals surface area contributed by atoms with E-state index in [0.717, 1.165) is 51.6 Å². The maximum absolute atomic E-state index is 12.2. The first-order valence-corrected chi connectivity index (χ1v) is 11.8. The number of nitrogens with one attached hydrogen (secondary N) is 3. The van der Waals surface area contributed by atoms with Crippen LogP contribution in [0, 0.1) is 0 Å². The van der Waals surface area contributed by atoms with E-state index in [2.05, 4.69) is 25.8 Å². The van der Waals surface area contributed by atoms with Crippen LogP contribution in [0.2, 0.25) is 0 Å². The Morgan fingerprint density at radius 2 is 1.72 bits per heavy atom. The lowest BCUT2D eigenvalue weighted by molar-refractivity contribution is -0.121. The van der Waals surface area contributed by atoms with Crippen molar-refractivity contribution < 1.29 is 9.53 Å². The summed E-state index contributed by atoms with van der Waals surface area (Å²) in [7, 11) is 1.81. The van der Waals surface area contributed by atoms with Crippen molar-refractivity contribution in [3.8, 4) is 0 Å². The van der Waals surface area contributed by atoms with Crippen molar-refractivity contribution in [3.63, 3.8) is 0 Å². The second-order valence-electron chi connectivity index (χ2n) is 8.89. The van der Waals surface area contributed by atoms with Crippen LogP contribution in [0.4, 0.5) is 0 Å². The lowest BCUT2D eigenvalue weighted by atomic mass is 9.80. The minimum Gasteiger partial charge on any atom is -0.379 e. The molecule has 0 aromatic carbocycles. The van der Waals surface area contributed by atoms with E-state index in [1.165, 1.54) is 51.4 Å². The van der Waals surface area contributed by atoms with Gasteiger partial charge in [-0.05, 0) is 25.7 Å². The fraction of sp³-hybridized carbons (Fsp3) is 0.909. The number of hydrogen-bond acceptors (Lipinski definition) is 4. The third kappa shape index (κ3) is 6.85. The Labute approximate surface area is 176 Å². The van der Waals surface area contributed by atoms with Crippen LogP contribution in [-0.4, -0.2) is 74.8 Å². The zero-order valence-corrected chi connectivity index (χ0v) is 18.3. The summed E-state index contributed by atoms with van der Waals surface area (Å²) in [6.07, 6.45) is 13.0. The number of morpholine rings is 1. The molecule has 0 aromatic heterocycles. The highest BCUT2D eigenvalue weighted by Gasteiger charge is 2.38. The Balaban J connectivity index is 1.41. The Kier molecular flexibility index (Phi) is 9.05. The summed E-state index contributed by atoms with van der Waals surface area (Å²) in [5.74, 6) is 0.950. The summed E-state index contributed by atoms with van der Waals surface area (Å²) in [6.45, 7) is 5.24. The van der Waals surface area contributed by atoms with Gasteiger partial charge in [0, 0.05) is 51.2 Å². The Morgan fingerprint density at radius 1 is 1.03 bits per heavy atom. The second-order valence-corrected chi connectivity index (χ2v) is 8.89. The molecule has 1 heterocycles. The largest absolute Gasteiger partial charge is 0.379 e. The lowest BCUT2D eigenvalue weighted by Crippen LogP contribution is -2.60. The molecule has 7 heteroatoms. The van der Waals surface area contributed by atoms with Crippen molar-refractivity contribution in [2.75, 3.05) is 46.4 Å². The second kappa shape index (κ2) is 11.7. The summed E-state index contributed by atoms with van der Waals surface area (Å²) in [5, 5.41) is 10.1. The molecule has 3 N–H and O–H groups in total. The van der Waals surface area contributed by atoms with Crippen molar-refractivity contribution in [3.05, 3.63) is 0 Å². The number of carbonyl (C=O) groups is 1. The van der Waals surface area contributed by atoms with Gasteiger partial charge in [0.1, 0.15) is 0 Å². The Morgan fingerprint density at radius 3 is 2.41 bits per heavy atom. The van der Waals surface area contributed by atoms with Crippen LogP contribution in [-0.2, 0) is 9.53 Å².